The molecule has 1 aliphatic rings. The van der Waals surface area contributed by atoms with E-state index in [0.717, 1.165) is 29.9 Å². The Morgan fingerprint density at radius 2 is 2.33 bits per heavy atom. The number of anilines is 2. The van der Waals surface area contributed by atoms with Crippen LogP contribution in [0.5, 0.6) is 0 Å². The Labute approximate surface area is 109 Å². The van der Waals surface area contributed by atoms with Crippen LogP contribution in [0.4, 0.5) is 10.8 Å². The molecule has 2 heterocycles. The van der Waals surface area contributed by atoms with Crippen molar-refractivity contribution in [1.82, 2.24) is 4.98 Å². The lowest BCUT2D eigenvalue weighted by atomic mass is 10.1. The molecule has 0 aliphatic carbocycles. The van der Waals surface area contributed by atoms with Gasteiger partial charge in [0.25, 0.3) is 0 Å². The third-order valence-electron chi connectivity index (χ3n) is 3.17. The number of aromatic nitrogens is 1. The van der Waals surface area contributed by atoms with E-state index in [4.69, 9.17) is 5.73 Å². The minimum atomic E-state index is 0.0967. The molecule has 4 nitrogen and oxygen atoms in total. The van der Waals surface area contributed by atoms with E-state index in [1.807, 2.05) is 22.4 Å². The zero-order valence-electron chi connectivity index (χ0n) is 10.0. The maximum Gasteiger partial charge on any atom is 0.223 e. The van der Waals surface area contributed by atoms with Crippen LogP contribution in [0.25, 0.3) is 11.3 Å². The Bertz CT molecular complexity index is 620. The van der Waals surface area contributed by atoms with Crippen LogP contribution in [0.2, 0.25) is 0 Å². The molecule has 0 atom stereocenters. The van der Waals surface area contributed by atoms with Gasteiger partial charge in [-0.2, -0.15) is 0 Å². The third kappa shape index (κ3) is 1.76. The number of amides is 1. The zero-order chi connectivity index (χ0) is 12.7. The van der Waals surface area contributed by atoms with Crippen molar-refractivity contribution in [2.75, 3.05) is 17.2 Å². The summed E-state index contributed by atoms with van der Waals surface area (Å²) in [5, 5.41) is 2.53. The molecule has 1 aliphatic heterocycles. The van der Waals surface area contributed by atoms with Gasteiger partial charge in [-0.25, -0.2) is 4.98 Å². The smallest absolute Gasteiger partial charge is 0.223 e. The molecule has 0 radical (unpaired) electrons. The van der Waals surface area contributed by atoms with Crippen LogP contribution in [0.3, 0.4) is 0 Å². The first-order valence-electron chi connectivity index (χ1n) is 5.77. The highest BCUT2D eigenvalue weighted by Crippen LogP contribution is 2.32. The fourth-order valence-corrected chi connectivity index (χ4v) is 2.88. The quantitative estimate of drug-likeness (QED) is 0.855. The Kier molecular flexibility index (Phi) is 2.56. The molecule has 1 aromatic carbocycles. The lowest BCUT2D eigenvalue weighted by Gasteiger charge is -2.14. The van der Waals surface area contributed by atoms with Crippen molar-refractivity contribution in [3.8, 4) is 11.3 Å². The second-order valence-electron chi connectivity index (χ2n) is 4.34. The topological polar surface area (TPSA) is 59.2 Å². The maximum atomic E-state index is 11.5. The molecule has 0 bridgehead atoms. The molecule has 0 fully saturated rings. The van der Waals surface area contributed by atoms with Crippen molar-refractivity contribution in [1.29, 1.82) is 0 Å². The van der Waals surface area contributed by atoms with Gasteiger partial charge in [0, 0.05) is 30.1 Å². The fourth-order valence-electron chi connectivity index (χ4n) is 2.31. The van der Waals surface area contributed by atoms with Crippen molar-refractivity contribution >= 4 is 28.1 Å². The van der Waals surface area contributed by atoms with Crippen LogP contribution in [-0.2, 0) is 11.2 Å². The highest BCUT2D eigenvalue weighted by molar-refractivity contribution is 7.13. The van der Waals surface area contributed by atoms with Gasteiger partial charge < -0.3 is 10.6 Å². The van der Waals surface area contributed by atoms with Crippen LogP contribution in [-0.4, -0.2) is 17.4 Å². The summed E-state index contributed by atoms with van der Waals surface area (Å²) in [5.74, 6) is 0.0967. The molecular weight excluding hydrogens is 246 g/mol. The zero-order valence-corrected chi connectivity index (χ0v) is 10.8. The van der Waals surface area contributed by atoms with Crippen LogP contribution < -0.4 is 10.6 Å². The Hall–Kier alpha value is -1.88. The van der Waals surface area contributed by atoms with E-state index in [9.17, 15) is 4.79 Å². The first-order valence-corrected chi connectivity index (χ1v) is 6.65. The van der Waals surface area contributed by atoms with Gasteiger partial charge in [-0.05, 0) is 24.1 Å². The van der Waals surface area contributed by atoms with Crippen molar-refractivity contribution in [3.05, 3.63) is 29.1 Å². The molecule has 2 aromatic rings. The van der Waals surface area contributed by atoms with E-state index in [2.05, 4.69) is 11.1 Å². The molecule has 0 unspecified atom stereocenters. The molecule has 1 aromatic heterocycles. The Balaban J connectivity index is 2.01. The standard InChI is InChI=1S/C13H13N3OS/c1-8(17)16-5-4-10-6-9(2-3-12(10)16)11-7-18-13(14)15-11/h2-3,6-7H,4-5H2,1H3,(H2,14,15). The minimum Gasteiger partial charge on any atom is -0.375 e. The summed E-state index contributed by atoms with van der Waals surface area (Å²) in [6.07, 6.45) is 0.905. The van der Waals surface area contributed by atoms with Gasteiger partial charge >= 0.3 is 0 Å². The number of benzene rings is 1. The van der Waals surface area contributed by atoms with Gasteiger partial charge in [0.1, 0.15) is 0 Å². The molecule has 92 valence electrons. The number of nitrogen functional groups attached to an aromatic ring is 1. The maximum absolute atomic E-state index is 11.5. The van der Waals surface area contributed by atoms with E-state index >= 15 is 0 Å². The van der Waals surface area contributed by atoms with E-state index in [1.165, 1.54) is 16.9 Å². The summed E-state index contributed by atoms with van der Waals surface area (Å²) in [6.45, 7) is 2.37. The SMILES string of the molecule is CC(=O)N1CCc2cc(-c3csc(N)n3)ccc21. The van der Waals surface area contributed by atoms with Gasteiger partial charge in [0.15, 0.2) is 5.13 Å². The Morgan fingerprint density at radius 3 is 3.00 bits per heavy atom. The third-order valence-corrected chi connectivity index (χ3v) is 3.85. The highest BCUT2D eigenvalue weighted by Gasteiger charge is 2.22. The van der Waals surface area contributed by atoms with Crippen molar-refractivity contribution in [2.24, 2.45) is 0 Å². The molecular formula is C13H13N3OS. The average Bonchev–Trinajstić information content (AvgIpc) is 2.93. The van der Waals surface area contributed by atoms with Crippen molar-refractivity contribution < 1.29 is 4.79 Å². The van der Waals surface area contributed by atoms with E-state index in [1.54, 1.807) is 6.92 Å². The molecule has 0 saturated heterocycles. The summed E-state index contributed by atoms with van der Waals surface area (Å²) >= 11 is 1.44. The Morgan fingerprint density at radius 1 is 1.50 bits per heavy atom. The normalized spacial score (nSPS) is 13.7. The summed E-state index contributed by atoms with van der Waals surface area (Å²) < 4.78 is 0. The fraction of sp³-hybridized carbons (Fsp3) is 0.231. The van der Waals surface area contributed by atoms with E-state index < -0.39 is 0 Å². The molecule has 0 spiro atoms. The largest absolute Gasteiger partial charge is 0.375 e. The second kappa shape index (κ2) is 4.10. The van der Waals surface area contributed by atoms with E-state index in [-0.39, 0.29) is 5.91 Å². The van der Waals surface area contributed by atoms with Crippen LogP contribution in [0.1, 0.15) is 12.5 Å². The summed E-state index contributed by atoms with van der Waals surface area (Å²) in [7, 11) is 0. The molecule has 5 heteroatoms. The lowest BCUT2D eigenvalue weighted by molar-refractivity contribution is -0.116. The molecule has 2 N–H and O–H groups in total. The molecule has 0 saturated carbocycles. The van der Waals surface area contributed by atoms with Crippen molar-refractivity contribution in [2.45, 2.75) is 13.3 Å². The summed E-state index contributed by atoms with van der Waals surface area (Å²) in [5.41, 5.74) is 9.84. The summed E-state index contributed by atoms with van der Waals surface area (Å²) in [6, 6.07) is 6.09. The average molecular weight is 259 g/mol. The molecule has 3 rings (SSSR count). The predicted octanol–water partition coefficient (Wildman–Crippen LogP) is 2.30. The van der Waals surface area contributed by atoms with Crippen LogP contribution in [0.15, 0.2) is 23.6 Å². The number of nitrogens with zero attached hydrogens (tertiary/aromatic N) is 2. The van der Waals surface area contributed by atoms with Crippen LogP contribution >= 0.6 is 11.3 Å². The number of nitrogens with two attached hydrogens (primary N) is 1. The lowest BCUT2D eigenvalue weighted by Crippen LogP contribution is -2.25. The van der Waals surface area contributed by atoms with Crippen molar-refractivity contribution in [3.63, 3.8) is 0 Å². The monoisotopic (exact) mass is 259 g/mol. The van der Waals surface area contributed by atoms with Gasteiger partial charge in [0.2, 0.25) is 5.91 Å². The number of hydrogen-bond acceptors (Lipinski definition) is 4. The van der Waals surface area contributed by atoms with Crippen LogP contribution in [0, 0.1) is 0 Å². The number of carbonyl (C=O) groups is 1. The first-order chi connectivity index (χ1) is 8.65. The second-order valence-corrected chi connectivity index (χ2v) is 5.22. The number of hydrogen-bond donors (Lipinski definition) is 1. The minimum absolute atomic E-state index is 0.0967. The van der Waals surface area contributed by atoms with Gasteiger partial charge in [0.05, 0.1) is 5.69 Å². The molecule has 18 heavy (non-hydrogen) atoms. The number of thiazole rings is 1. The van der Waals surface area contributed by atoms with Gasteiger partial charge in [-0.1, -0.05) is 6.07 Å². The predicted molar refractivity (Wildman–Crippen MR) is 73.7 cm³/mol. The number of rotatable bonds is 1. The summed E-state index contributed by atoms with van der Waals surface area (Å²) in [4.78, 5) is 17.6. The van der Waals surface area contributed by atoms with Gasteiger partial charge in [-0.15, -0.1) is 11.3 Å². The van der Waals surface area contributed by atoms with E-state index in [0.29, 0.717) is 5.13 Å². The molecule has 1 amide bonds. The van der Waals surface area contributed by atoms with Gasteiger partial charge in [-0.3, -0.25) is 4.79 Å². The number of carbonyl (C=O) groups excluding carboxylic acids is 1. The number of fused-ring (bicyclic) bond motifs is 1. The first kappa shape index (κ1) is 11.2. The highest BCUT2D eigenvalue weighted by atomic mass is 32.1.